The van der Waals surface area contributed by atoms with Crippen molar-refractivity contribution in [2.24, 2.45) is 17.6 Å². The zero-order chi connectivity index (χ0) is 12.5. The molecular formula is C14H19F2N. The molecule has 1 unspecified atom stereocenters. The van der Waals surface area contributed by atoms with Crippen molar-refractivity contribution in [3.63, 3.8) is 0 Å². The zero-order valence-corrected chi connectivity index (χ0v) is 10.1. The van der Waals surface area contributed by atoms with Gasteiger partial charge in [-0.2, -0.15) is 0 Å². The van der Waals surface area contributed by atoms with E-state index in [0.29, 0.717) is 25.3 Å². The van der Waals surface area contributed by atoms with E-state index in [1.807, 2.05) is 0 Å². The first kappa shape index (κ1) is 12.5. The molecule has 1 aliphatic rings. The van der Waals surface area contributed by atoms with Crippen LogP contribution in [0.25, 0.3) is 0 Å². The summed E-state index contributed by atoms with van der Waals surface area (Å²) >= 11 is 0. The Morgan fingerprint density at radius 3 is 2.35 bits per heavy atom. The molecule has 1 aliphatic carbocycles. The Bertz CT molecular complexity index is 368. The Morgan fingerprint density at radius 2 is 1.88 bits per heavy atom. The highest BCUT2D eigenvalue weighted by atomic mass is 19.3. The van der Waals surface area contributed by atoms with Crippen molar-refractivity contribution in [2.75, 3.05) is 6.54 Å². The second kappa shape index (κ2) is 4.73. The lowest BCUT2D eigenvalue weighted by Crippen LogP contribution is -2.16. The van der Waals surface area contributed by atoms with E-state index in [-0.39, 0.29) is 5.56 Å². The topological polar surface area (TPSA) is 26.0 Å². The second-order valence-electron chi connectivity index (χ2n) is 5.14. The number of nitrogens with two attached hydrogens (primary N) is 1. The Kier molecular flexibility index (Phi) is 3.48. The minimum atomic E-state index is -2.64. The van der Waals surface area contributed by atoms with Gasteiger partial charge in [0.25, 0.3) is 5.92 Å². The first-order valence-electron chi connectivity index (χ1n) is 6.21. The Balaban J connectivity index is 2.07. The predicted molar refractivity (Wildman–Crippen MR) is 65.0 cm³/mol. The molecule has 1 fully saturated rings. The van der Waals surface area contributed by atoms with E-state index in [9.17, 15) is 8.78 Å². The fourth-order valence-electron chi connectivity index (χ4n) is 2.03. The van der Waals surface area contributed by atoms with Crippen molar-refractivity contribution in [3.8, 4) is 0 Å². The van der Waals surface area contributed by atoms with E-state index in [2.05, 4.69) is 6.92 Å². The van der Waals surface area contributed by atoms with Crippen LogP contribution < -0.4 is 5.73 Å². The van der Waals surface area contributed by atoms with Crippen LogP contribution in [0.2, 0.25) is 0 Å². The smallest absolute Gasteiger partial charge is 0.276 e. The van der Waals surface area contributed by atoms with Gasteiger partial charge in [-0.1, -0.05) is 31.2 Å². The summed E-state index contributed by atoms with van der Waals surface area (Å²) in [5.41, 5.74) is 6.79. The van der Waals surface area contributed by atoms with Crippen LogP contribution in [-0.4, -0.2) is 6.54 Å². The Hall–Kier alpha value is -0.960. The maximum atomic E-state index is 13.8. The largest absolute Gasteiger partial charge is 0.330 e. The number of hydrogen-bond acceptors (Lipinski definition) is 1. The molecule has 1 nitrogen and oxygen atoms in total. The lowest BCUT2D eigenvalue weighted by molar-refractivity contribution is -0.0285. The minimum Gasteiger partial charge on any atom is -0.330 e. The normalized spacial score (nSPS) is 18.1. The third kappa shape index (κ3) is 2.83. The molecule has 2 rings (SSSR count). The highest BCUT2D eigenvalue weighted by Gasteiger charge is 2.47. The molecule has 0 heterocycles. The average Bonchev–Trinajstić information content (AvgIpc) is 3.13. The minimum absolute atomic E-state index is 0.157. The first-order chi connectivity index (χ1) is 8.04. The van der Waals surface area contributed by atoms with Gasteiger partial charge in [0.15, 0.2) is 0 Å². The van der Waals surface area contributed by atoms with E-state index < -0.39 is 11.8 Å². The first-order valence-corrected chi connectivity index (χ1v) is 6.21. The summed E-state index contributed by atoms with van der Waals surface area (Å²) in [6.07, 6.45) is 2.16. The van der Waals surface area contributed by atoms with Gasteiger partial charge in [-0.05, 0) is 37.3 Å². The van der Waals surface area contributed by atoms with E-state index in [1.165, 1.54) is 0 Å². The Labute approximate surface area is 101 Å². The van der Waals surface area contributed by atoms with Crippen molar-refractivity contribution < 1.29 is 8.78 Å². The SMILES string of the molecule is CC(CN)Cc1ccc(C(F)(F)C2CC2)cc1. The van der Waals surface area contributed by atoms with Crippen molar-refractivity contribution in [1.29, 1.82) is 0 Å². The third-order valence-electron chi connectivity index (χ3n) is 3.42. The van der Waals surface area contributed by atoms with E-state index in [4.69, 9.17) is 5.73 Å². The van der Waals surface area contributed by atoms with Gasteiger partial charge in [-0.15, -0.1) is 0 Å². The van der Waals surface area contributed by atoms with Crippen molar-refractivity contribution >= 4 is 0 Å². The van der Waals surface area contributed by atoms with Gasteiger partial charge in [0.1, 0.15) is 0 Å². The quantitative estimate of drug-likeness (QED) is 0.838. The molecule has 1 atom stereocenters. The standard InChI is InChI=1S/C14H19F2N/c1-10(9-17)8-11-2-4-12(5-3-11)14(15,16)13-6-7-13/h2-5,10,13H,6-9,17H2,1H3. The molecule has 1 saturated carbocycles. The summed E-state index contributed by atoms with van der Waals surface area (Å²) in [6.45, 7) is 2.69. The van der Waals surface area contributed by atoms with Gasteiger partial charge in [0.2, 0.25) is 0 Å². The molecule has 0 amide bonds. The van der Waals surface area contributed by atoms with E-state index in [1.54, 1.807) is 24.3 Å². The summed E-state index contributed by atoms with van der Waals surface area (Å²) in [6, 6.07) is 6.74. The van der Waals surface area contributed by atoms with Crippen molar-refractivity contribution in [3.05, 3.63) is 35.4 Å². The number of benzene rings is 1. The van der Waals surface area contributed by atoms with Crippen LogP contribution in [0.3, 0.4) is 0 Å². The van der Waals surface area contributed by atoms with Crippen LogP contribution in [0.1, 0.15) is 30.9 Å². The number of hydrogen-bond donors (Lipinski definition) is 1. The molecule has 1 aromatic rings. The van der Waals surface area contributed by atoms with Crippen LogP contribution in [-0.2, 0) is 12.3 Å². The highest BCUT2D eigenvalue weighted by molar-refractivity contribution is 5.27. The monoisotopic (exact) mass is 239 g/mol. The molecule has 17 heavy (non-hydrogen) atoms. The van der Waals surface area contributed by atoms with Gasteiger partial charge in [0, 0.05) is 11.5 Å². The molecule has 0 aromatic heterocycles. The summed E-state index contributed by atoms with van der Waals surface area (Å²) in [4.78, 5) is 0. The molecule has 0 radical (unpaired) electrons. The molecule has 0 saturated heterocycles. The van der Waals surface area contributed by atoms with Gasteiger partial charge >= 0.3 is 0 Å². The lowest BCUT2D eigenvalue weighted by atomic mass is 9.97. The third-order valence-corrected chi connectivity index (χ3v) is 3.42. The maximum absolute atomic E-state index is 13.8. The molecule has 0 spiro atoms. The fourth-order valence-corrected chi connectivity index (χ4v) is 2.03. The molecular weight excluding hydrogens is 220 g/mol. The summed E-state index contributed by atoms with van der Waals surface area (Å²) < 4.78 is 27.6. The fraction of sp³-hybridized carbons (Fsp3) is 0.571. The zero-order valence-electron chi connectivity index (χ0n) is 10.1. The number of halogens is 2. The van der Waals surface area contributed by atoms with Crippen LogP contribution in [0.15, 0.2) is 24.3 Å². The Morgan fingerprint density at radius 1 is 1.29 bits per heavy atom. The second-order valence-corrected chi connectivity index (χ2v) is 5.14. The number of rotatable bonds is 5. The van der Waals surface area contributed by atoms with E-state index >= 15 is 0 Å². The van der Waals surface area contributed by atoms with Gasteiger partial charge in [-0.3, -0.25) is 0 Å². The number of alkyl halides is 2. The maximum Gasteiger partial charge on any atom is 0.276 e. The molecule has 1 aromatic carbocycles. The van der Waals surface area contributed by atoms with Crippen LogP contribution in [0.5, 0.6) is 0 Å². The van der Waals surface area contributed by atoms with Crippen LogP contribution in [0.4, 0.5) is 8.78 Å². The molecule has 0 bridgehead atoms. The molecule has 94 valence electrons. The van der Waals surface area contributed by atoms with Crippen molar-refractivity contribution in [1.82, 2.24) is 0 Å². The van der Waals surface area contributed by atoms with Gasteiger partial charge < -0.3 is 5.73 Å². The van der Waals surface area contributed by atoms with Gasteiger partial charge in [0.05, 0.1) is 0 Å². The summed E-state index contributed by atoms with van der Waals surface area (Å²) in [5.74, 6) is -2.68. The summed E-state index contributed by atoms with van der Waals surface area (Å²) in [5, 5.41) is 0. The van der Waals surface area contributed by atoms with Crippen LogP contribution in [0, 0.1) is 11.8 Å². The van der Waals surface area contributed by atoms with Crippen LogP contribution >= 0.6 is 0 Å². The summed E-state index contributed by atoms with van der Waals surface area (Å²) in [7, 11) is 0. The van der Waals surface area contributed by atoms with E-state index in [0.717, 1.165) is 12.0 Å². The van der Waals surface area contributed by atoms with Gasteiger partial charge in [-0.25, -0.2) is 8.78 Å². The van der Waals surface area contributed by atoms with Crippen molar-refractivity contribution in [2.45, 2.75) is 32.1 Å². The average molecular weight is 239 g/mol. The molecule has 0 aliphatic heterocycles. The molecule has 3 heteroatoms. The predicted octanol–water partition coefficient (Wildman–Crippen LogP) is 3.33. The molecule has 2 N–H and O–H groups in total. The lowest BCUT2D eigenvalue weighted by Gasteiger charge is -2.16. The highest BCUT2D eigenvalue weighted by Crippen LogP contribution is 2.49.